The molecule has 1 aromatic heterocycles. The van der Waals surface area contributed by atoms with Crippen molar-refractivity contribution in [3.05, 3.63) is 95.2 Å². The molecule has 6 N–H and O–H groups in total. The summed E-state index contributed by atoms with van der Waals surface area (Å²) in [4.78, 5) is 84.6. The minimum absolute atomic E-state index is 0.00915. The number of piperazine rings is 1. The fourth-order valence-electron chi connectivity index (χ4n) is 7.95. The van der Waals surface area contributed by atoms with Gasteiger partial charge in [0.25, 0.3) is 17.7 Å². The molecule has 0 saturated carbocycles. The first-order chi connectivity index (χ1) is 32.7. The fraction of sp³-hybridized carbons (Fsp3) is 0.370. The minimum Gasteiger partial charge on any atom is -0.494 e. The van der Waals surface area contributed by atoms with Crippen molar-refractivity contribution in [2.45, 2.75) is 25.1 Å². The summed E-state index contributed by atoms with van der Waals surface area (Å²) < 4.78 is 59.1. The molecular formula is C46H51F3N10O9. The van der Waals surface area contributed by atoms with Crippen molar-refractivity contribution in [2.75, 3.05) is 107 Å². The third kappa shape index (κ3) is 11.6. The number of rotatable bonds is 20. The smallest absolute Gasteiger partial charge is 0.419 e. The maximum absolute atomic E-state index is 14.0. The summed E-state index contributed by atoms with van der Waals surface area (Å²) in [5.74, 6) is -2.70. The number of benzene rings is 3. The van der Waals surface area contributed by atoms with E-state index in [2.05, 4.69) is 46.7 Å². The second-order valence-corrected chi connectivity index (χ2v) is 15.8. The van der Waals surface area contributed by atoms with Gasteiger partial charge in [0.05, 0.1) is 79.4 Å². The van der Waals surface area contributed by atoms with Gasteiger partial charge < -0.3 is 45.7 Å². The quantitative estimate of drug-likeness (QED) is 0.0549. The number of alkyl halides is 3. The summed E-state index contributed by atoms with van der Waals surface area (Å²) >= 11 is 0. The van der Waals surface area contributed by atoms with Gasteiger partial charge in [-0.15, -0.1) is 0 Å². The number of amides is 6. The monoisotopic (exact) mass is 944 g/mol. The maximum atomic E-state index is 14.0. The molecule has 4 aromatic rings. The Hall–Kier alpha value is -7.30. The zero-order valence-corrected chi connectivity index (χ0v) is 37.3. The van der Waals surface area contributed by atoms with E-state index in [9.17, 15) is 41.9 Å². The molecule has 19 nitrogen and oxygen atoms in total. The molecule has 22 heteroatoms. The highest BCUT2D eigenvalue weighted by Gasteiger charge is 2.45. The number of piperidine rings is 1. The van der Waals surface area contributed by atoms with E-state index in [1.165, 1.54) is 38.4 Å². The van der Waals surface area contributed by atoms with Crippen LogP contribution in [0.2, 0.25) is 0 Å². The Morgan fingerprint density at radius 3 is 2.32 bits per heavy atom. The Bertz CT molecular complexity index is 2540. The van der Waals surface area contributed by atoms with E-state index in [1.807, 2.05) is 12.1 Å². The standard InChI is InChI=1S/C46H51F3N10O9/c1-50-42(62)29-6-3-4-8-32(29)54-35-25-38(53-26-31(35)46(47,48)49)55-33-11-10-28(24-37(33)66-2)58-17-15-57(16-18-58)19-21-68-23-22-67-20-14-51-40(61)27-52-34-9-5-7-30-41(34)45(65)59(44(30)64)36-12-13-39(60)56-43(36)63/h3-11,24-26,36,52H,12-23,27H2,1-2H3,(H,50,62)(H,51,61)(H2,53,54,55)(H,56,60,63). The summed E-state index contributed by atoms with van der Waals surface area (Å²) in [7, 11) is 2.94. The van der Waals surface area contributed by atoms with E-state index >= 15 is 0 Å². The number of aromatic nitrogens is 1. The average Bonchev–Trinajstić information content (AvgIpc) is 3.58. The molecule has 0 bridgehead atoms. The highest BCUT2D eigenvalue weighted by Crippen LogP contribution is 2.39. The van der Waals surface area contributed by atoms with Crippen molar-refractivity contribution in [1.82, 2.24) is 30.7 Å². The van der Waals surface area contributed by atoms with Gasteiger partial charge in [-0.2, -0.15) is 13.2 Å². The number of hydrogen-bond donors (Lipinski definition) is 6. The van der Waals surface area contributed by atoms with Crippen LogP contribution >= 0.6 is 0 Å². The van der Waals surface area contributed by atoms with Crippen LogP contribution in [0.15, 0.2) is 72.9 Å². The fourth-order valence-corrected chi connectivity index (χ4v) is 7.95. The van der Waals surface area contributed by atoms with Crippen LogP contribution in [0.4, 0.5) is 47.4 Å². The number of anilines is 6. The van der Waals surface area contributed by atoms with Gasteiger partial charge in [-0.3, -0.25) is 43.9 Å². The van der Waals surface area contributed by atoms with Crippen molar-refractivity contribution in [2.24, 2.45) is 0 Å². The lowest BCUT2D eigenvalue weighted by Crippen LogP contribution is -2.54. The Kier molecular flexibility index (Phi) is 15.7. The first-order valence-electron chi connectivity index (χ1n) is 21.8. The van der Waals surface area contributed by atoms with Gasteiger partial charge in [-0.1, -0.05) is 18.2 Å². The molecule has 0 radical (unpaired) electrons. The number of fused-ring (bicyclic) bond motifs is 1. The molecule has 0 aliphatic carbocycles. The minimum atomic E-state index is -4.72. The van der Waals surface area contributed by atoms with Gasteiger partial charge in [0, 0.05) is 82.4 Å². The zero-order chi connectivity index (χ0) is 48.4. The van der Waals surface area contributed by atoms with Crippen LogP contribution in [0.25, 0.3) is 0 Å². The maximum Gasteiger partial charge on any atom is 0.419 e. The number of pyridine rings is 1. The van der Waals surface area contributed by atoms with Crippen molar-refractivity contribution < 1.29 is 56.1 Å². The molecule has 360 valence electrons. The number of hydrogen-bond acceptors (Lipinski definition) is 15. The molecular weight excluding hydrogens is 894 g/mol. The van der Waals surface area contributed by atoms with Gasteiger partial charge in [-0.05, 0) is 42.8 Å². The summed E-state index contributed by atoms with van der Waals surface area (Å²) in [6.07, 6.45) is -3.93. The van der Waals surface area contributed by atoms with Gasteiger partial charge in [0.15, 0.2) is 0 Å². The van der Waals surface area contributed by atoms with Crippen molar-refractivity contribution in [3.63, 3.8) is 0 Å². The summed E-state index contributed by atoms with van der Waals surface area (Å²) in [6.45, 7) is 5.25. The molecule has 2 saturated heterocycles. The topological polar surface area (TPSA) is 225 Å². The third-order valence-electron chi connectivity index (χ3n) is 11.5. The second kappa shape index (κ2) is 22.0. The highest BCUT2D eigenvalue weighted by atomic mass is 19.4. The SMILES string of the molecule is CNC(=O)c1ccccc1Nc1cc(Nc2ccc(N3CCN(CCOCCOCCNC(=O)CNc4cccc5c4C(=O)N(C4CCC(=O)NC4=O)C5=O)CC3)cc2OC)ncc1C(F)(F)F. The lowest BCUT2D eigenvalue weighted by atomic mass is 10.0. The molecule has 6 amide bonds. The molecule has 3 aliphatic heterocycles. The molecule has 0 spiro atoms. The van der Waals surface area contributed by atoms with Gasteiger partial charge >= 0.3 is 6.18 Å². The molecule has 68 heavy (non-hydrogen) atoms. The number of carbonyl (C=O) groups is 6. The van der Waals surface area contributed by atoms with Crippen LogP contribution in [0, 0.1) is 0 Å². The Morgan fingerprint density at radius 2 is 1.59 bits per heavy atom. The Balaban J connectivity index is 0.787. The van der Waals surface area contributed by atoms with Crippen molar-refractivity contribution in [3.8, 4) is 5.75 Å². The van der Waals surface area contributed by atoms with Crippen LogP contribution in [-0.4, -0.2) is 143 Å². The summed E-state index contributed by atoms with van der Waals surface area (Å²) in [5.41, 5.74) is 0.938. The number of para-hydroxylation sites is 1. The zero-order valence-electron chi connectivity index (χ0n) is 37.3. The van der Waals surface area contributed by atoms with Gasteiger partial charge in [-0.25, -0.2) is 4.98 Å². The van der Waals surface area contributed by atoms with E-state index in [4.69, 9.17) is 14.2 Å². The highest BCUT2D eigenvalue weighted by molar-refractivity contribution is 6.25. The van der Waals surface area contributed by atoms with Crippen LogP contribution in [0.3, 0.4) is 0 Å². The third-order valence-corrected chi connectivity index (χ3v) is 11.5. The van der Waals surface area contributed by atoms with E-state index in [0.717, 1.165) is 49.5 Å². The van der Waals surface area contributed by atoms with Crippen molar-refractivity contribution >= 4 is 69.7 Å². The molecule has 4 heterocycles. The van der Waals surface area contributed by atoms with E-state index in [-0.39, 0.29) is 78.0 Å². The normalized spacial score (nSPS) is 16.3. The van der Waals surface area contributed by atoms with Crippen LogP contribution in [0.1, 0.15) is 49.5 Å². The number of imide groups is 2. The summed E-state index contributed by atoms with van der Waals surface area (Å²) in [5, 5.41) is 16.1. The van der Waals surface area contributed by atoms with Crippen LogP contribution in [0.5, 0.6) is 5.75 Å². The predicted molar refractivity (Wildman–Crippen MR) is 244 cm³/mol. The largest absolute Gasteiger partial charge is 0.494 e. The number of nitrogens with zero attached hydrogens (tertiary/aromatic N) is 4. The van der Waals surface area contributed by atoms with Gasteiger partial charge in [0.2, 0.25) is 17.7 Å². The first-order valence-corrected chi connectivity index (χ1v) is 21.8. The number of ether oxygens (including phenoxy) is 3. The molecule has 3 aromatic carbocycles. The van der Waals surface area contributed by atoms with E-state index in [1.54, 1.807) is 30.3 Å². The van der Waals surface area contributed by atoms with E-state index < -0.39 is 47.3 Å². The molecule has 2 fully saturated rings. The molecule has 7 rings (SSSR count). The van der Waals surface area contributed by atoms with Gasteiger partial charge in [0.1, 0.15) is 17.6 Å². The molecule has 1 atom stereocenters. The van der Waals surface area contributed by atoms with Crippen LogP contribution in [-0.2, 0) is 30.0 Å². The van der Waals surface area contributed by atoms with E-state index in [0.29, 0.717) is 31.3 Å². The lowest BCUT2D eigenvalue weighted by Gasteiger charge is -2.36. The molecule has 3 aliphatic rings. The predicted octanol–water partition coefficient (Wildman–Crippen LogP) is 3.74. The Labute approximate surface area is 389 Å². The van der Waals surface area contributed by atoms with Crippen molar-refractivity contribution in [1.29, 1.82) is 0 Å². The number of halogens is 3. The number of carbonyl (C=O) groups excluding carboxylic acids is 6. The number of methoxy groups -OCH3 is 1. The lowest BCUT2D eigenvalue weighted by molar-refractivity contribution is -0.137. The second-order valence-electron chi connectivity index (χ2n) is 15.8. The number of nitrogens with one attached hydrogen (secondary N) is 6. The average molecular weight is 945 g/mol. The summed E-state index contributed by atoms with van der Waals surface area (Å²) in [6, 6.07) is 16.6. The Morgan fingerprint density at radius 1 is 0.838 bits per heavy atom. The first kappa shape index (κ1) is 48.6. The molecule has 1 unspecified atom stereocenters. The van der Waals surface area contributed by atoms with Crippen LogP contribution < -0.4 is 41.5 Å².